The number of hydrogen-bond acceptors (Lipinski definition) is 2. The Morgan fingerprint density at radius 1 is 1.16 bits per heavy atom. The Balaban J connectivity index is 1.99. The molecule has 0 aliphatic carbocycles. The molecule has 0 radical (unpaired) electrons. The van der Waals surface area contributed by atoms with Gasteiger partial charge in [-0.3, -0.25) is 0 Å². The third-order valence-corrected chi connectivity index (χ3v) is 5.46. The highest BCUT2D eigenvalue weighted by Gasteiger charge is 2.42. The molecular formula is C15H19Cl2NO. The molecule has 2 heterocycles. The van der Waals surface area contributed by atoms with Crippen LogP contribution in [0.3, 0.4) is 0 Å². The molecule has 0 unspecified atom stereocenters. The van der Waals surface area contributed by atoms with Gasteiger partial charge in [-0.05, 0) is 56.0 Å². The van der Waals surface area contributed by atoms with Crippen molar-refractivity contribution in [3.05, 3.63) is 33.8 Å². The first kappa shape index (κ1) is 13.7. The summed E-state index contributed by atoms with van der Waals surface area (Å²) in [5.74, 6) is 0.675. The van der Waals surface area contributed by atoms with Crippen molar-refractivity contribution in [1.29, 1.82) is 0 Å². The van der Waals surface area contributed by atoms with Crippen LogP contribution in [-0.2, 0) is 10.2 Å². The monoisotopic (exact) mass is 299 g/mol. The van der Waals surface area contributed by atoms with E-state index < -0.39 is 0 Å². The largest absolute Gasteiger partial charge is 0.381 e. The van der Waals surface area contributed by atoms with Crippen molar-refractivity contribution in [3.63, 3.8) is 0 Å². The van der Waals surface area contributed by atoms with Gasteiger partial charge in [-0.2, -0.15) is 0 Å². The minimum Gasteiger partial charge on any atom is -0.381 e. The number of benzene rings is 1. The molecule has 2 fully saturated rings. The van der Waals surface area contributed by atoms with E-state index in [4.69, 9.17) is 27.9 Å². The number of hydrogen-bond donors (Lipinski definition) is 1. The highest BCUT2D eigenvalue weighted by molar-refractivity contribution is 6.42. The molecule has 0 bridgehead atoms. The second kappa shape index (κ2) is 5.61. The maximum absolute atomic E-state index is 6.22. The summed E-state index contributed by atoms with van der Waals surface area (Å²) >= 11 is 12.3. The first-order valence-corrected chi connectivity index (χ1v) is 7.72. The Bertz CT molecular complexity index is 451. The fraction of sp³-hybridized carbons (Fsp3) is 0.600. The van der Waals surface area contributed by atoms with Gasteiger partial charge in [0.1, 0.15) is 0 Å². The topological polar surface area (TPSA) is 21.3 Å². The van der Waals surface area contributed by atoms with E-state index in [0.29, 0.717) is 16.0 Å². The van der Waals surface area contributed by atoms with Crippen molar-refractivity contribution >= 4 is 23.2 Å². The zero-order valence-electron chi connectivity index (χ0n) is 10.9. The summed E-state index contributed by atoms with van der Waals surface area (Å²) in [6.45, 7) is 3.91. The first-order valence-electron chi connectivity index (χ1n) is 6.96. The number of ether oxygens (including phenoxy) is 1. The minimum absolute atomic E-state index is 0.204. The molecule has 2 nitrogen and oxygen atoms in total. The van der Waals surface area contributed by atoms with E-state index in [-0.39, 0.29) is 5.41 Å². The molecular weight excluding hydrogens is 281 g/mol. The Hall–Kier alpha value is -0.280. The van der Waals surface area contributed by atoms with Crippen molar-refractivity contribution in [2.75, 3.05) is 26.3 Å². The summed E-state index contributed by atoms with van der Waals surface area (Å²) in [5, 5.41) is 4.79. The summed E-state index contributed by atoms with van der Waals surface area (Å²) in [5.41, 5.74) is 1.54. The fourth-order valence-electron chi connectivity index (χ4n) is 3.60. The molecule has 0 spiro atoms. The smallest absolute Gasteiger partial charge is 0.0595 e. The zero-order valence-corrected chi connectivity index (χ0v) is 12.4. The fourth-order valence-corrected chi connectivity index (χ4v) is 3.90. The Kier molecular flexibility index (Phi) is 4.04. The van der Waals surface area contributed by atoms with Gasteiger partial charge in [0.25, 0.3) is 0 Å². The Morgan fingerprint density at radius 3 is 2.58 bits per heavy atom. The van der Waals surface area contributed by atoms with Crippen molar-refractivity contribution < 1.29 is 4.74 Å². The van der Waals surface area contributed by atoms with Crippen LogP contribution in [0.4, 0.5) is 0 Å². The molecule has 2 saturated heterocycles. The third kappa shape index (κ3) is 2.52. The lowest BCUT2D eigenvalue weighted by molar-refractivity contribution is 0.0290. The molecule has 0 aromatic heterocycles. The summed E-state index contributed by atoms with van der Waals surface area (Å²) < 4.78 is 5.58. The highest BCUT2D eigenvalue weighted by Crippen LogP contribution is 2.45. The molecule has 4 heteroatoms. The quantitative estimate of drug-likeness (QED) is 0.900. The average Bonchev–Trinajstić information content (AvgIpc) is 2.97. The van der Waals surface area contributed by atoms with E-state index in [0.717, 1.165) is 39.1 Å². The normalized spacial score (nSPS) is 26.5. The van der Waals surface area contributed by atoms with E-state index in [9.17, 15) is 0 Å². The molecule has 0 saturated carbocycles. The lowest BCUT2D eigenvalue weighted by atomic mass is 9.65. The molecule has 0 amide bonds. The molecule has 1 N–H and O–H groups in total. The molecule has 104 valence electrons. The van der Waals surface area contributed by atoms with Crippen molar-refractivity contribution in [3.8, 4) is 0 Å². The van der Waals surface area contributed by atoms with E-state index in [1.807, 2.05) is 6.07 Å². The van der Waals surface area contributed by atoms with Gasteiger partial charge < -0.3 is 10.1 Å². The second-order valence-electron chi connectivity index (χ2n) is 5.59. The summed E-state index contributed by atoms with van der Waals surface area (Å²) in [4.78, 5) is 0. The molecule has 2 aliphatic heterocycles. The van der Waals surface area contributed by atoms with E-state index >= 15 is 0 Å². The van der Waals surface area contributed by atoms with Gasteiger partial charge in [0.2, 0.25) is 0 Å². The predicted molar refractivity (Wildman–Crippen MR) is 79.2 cm³/mol. The van der Waals surface area contributed by atoms with Crippen molar-refractivity contribution in [2.45, 2.75) is 24.7 Å². The van der Waals surface area contributed by atoms with Crippen LogP contribution in [0.15, 0.2) is 18.2 Å². The first-order chi connectivity index (χ1) is 9.22. The molecule has 2 aliphatic rings. The minimum atomic E-state index is 0.204. The van der Waals surface area contributed by atoms with E-state index in [2.05, 4.69) is 17.4 Å². The number of nitrogens with one attached hydrogen (secondary N) is 1. The lowest BCUT2D eigenvalue weighted by Crippen LogP contribution is -2.41. The van der Waals surface area contributed by atoms with Crippen LogP contribution in [0, 0.1) is 5.92 Å². The van der Waals surface area contributed by atoms with Gasteiger partial charge in [-0.1, -0.05) is 29.3 Å². The van der Waals surface area contributed by atoms with Gasteiger partial charge in [-0.25, -0.2) is 0 Å². The second-order valence-corrected chi connectivity index (χ2v) is 6.40. The van der Waals surface area contributed by atoms with Crippen LogP contribution in [0.25, 0.3) is 0 Å². The summed E-state index contributed by atoms with van der Waals surface area (Å²) in [6.07, 6.45) is 3.40. The Labute approximate surface area is 124 Å². The highest BCUT2D eigenvalue weighted by atomic mass is 35.5. The van der Waals surface area contributed by atoms with Crippen LogP contribution >= 0.6 is 23.2 Å². The third-order valence-electron chi connectivity index (χ3n) is 4.72. The maximum atomic E-state index is 6.22. The molecule has 19 heavy (non-hydrogen) atoms. The summed E-state index contributed by atoms with van der Waals surface area (Å²) in [7, 11) is 0. The van der Waals surface area contributed by atoms with Gasteiger partial charge in [0, 0.05) is 18.6 Å². The predicted octanol–water partition coefficient (Wildman–Crippen LogP) is 3.65. The Morgan fingerprint density at radius 2 is 1.95 bits per heavy atom. The van der Waals surface area contributed by atoms with E-state index in [1.54, 1.807) is 0 Å². The molecule has 3 rings (SSSR count). The van der Waals surface area contributed by atoms with Crippen molar-refractivity contribution in [1.82, 2.24) is 5.32 Å². The molecule has 1 atom stereocenters. The van der Waals surface area contributed by atoms with E-state index in [1.165, 1.54) is 12.0 Å². The number of rotatable bonds is 2. The zero-order chi connectivity index (χ0) is 13.3. The summed E-state index contributed by atoms with van der Waals surface area (Å²) in [6, 6.07) is 6.14. The molecule has 1 aromatic rings. The van der Waals surface area contributed by atoms with Crippen LogP contribution in [0.1, 0.15) is 24.8 Å². The van der Waals surface area contributed by atoms with Gasteiger partial charge in [-0.15, -0.1) is 0 Å². The van der Waals surface area contributed by atoms with Gasteiger partial charge in [0.15, 0.2) is 0 Å². The van der Waals surface area contributed by atoms with Crippen LogP contribution < -0.4 is 5.32 Å². The maximum Gasteiger partial charge on any atom is 0.0595 e. The van der Waals surface area contributed by atoms with Crippen LogP contribution in [-0.4, -0.2) is 26.3 Å². The van der Waals surface area contributed by atoms with Crippen LogP contribution in [0.5, 0.6) is 0 Å². The number of halogens is 2. The lowest BCUT2D eigenvalue weighted by Gasteiger charge is -2.42. The van der Waals surface area contributed by atoms with Crippen LogP contribution in [0.2, 0.25) is 10.0 Å². The average molecular weight is 300 g/mol. The SMILES string of the molecule is Clc1ccc(C2([C@@H]3CCNC3)CCOCC2)cc1Cl. The molecule has 1 aromatic carbocycles. The van der Waals surface area contributed by atoms with Gasteiger partial charge in [0.05, 0.1) is 10.0 Å². The standard InChI is InChI=1S/C15H19Cl2NO/c16-13-2-1-11(9-14(13)17)15(4-7-19-8-5-15)12-3-6-18-10-12/h1-2,9,12,18H,3-8,10H2/t12-/m1/s1. The van der Waals surface area contributed by atoms with Gasteiger partial charge >= 0.3 is 0 Å². The van der Waals surface area contributed by atoms with Crippen molar-refractivity contribution in [2.24, 2.45) is 5.92 Å².